The maximum absolute atomic E-state index is 12.0. The van der Waals surface area contributed by atoms with Crippen LogP contribution < -0.4 is 9.47 Å². The summed E-state index contributed by atoms with van der Waals surface area (Å²) >= 11 is 0. The molecule has 1 aliphatic rings. The summed E-state index contributed by atoms with van der Waals surface area (Å²) in [5.74, 6) is -0.230. The first-order chi connectivity index (χ1) is 9.73. The van der Waals surface area contributed by atoms with Gasteiger partial charge < -0.3 is 14.6 Å². The molecule has 1 fully saturated rings. The summed E-state index contributed by atoms with van der Waals surface area (Å²) in [6, 6.07) is 3.00. The van der Waals surface area contributed by atoms with Gasteiger partial charge in [0, 0.05) is 17.7 Å². The second-order valence-electron chi connectivity index (χ2n) is 5.33. The summed E-state index contributed by atoms with van der Waals surface area (Å²) in [6.07, 6.45) is 2.31. The first-order valence-corrected chi connectivity index (χ1v) is 8.31. The van der Waals surface area contributed by atoms with Crippen molar-refractivity contribution in [3.8, 4) is 11.5 Å². The first-order valence-electron chi connectivity index (χ1n) is 6.42. The third kappa shape index (κ3) is 2.97. The molecule has 0 unspecified atom stereocenters. The summed E-state index contributed by atoms with van der Waals surface area (Å²) in [6.45, 7) is 0. The third-order valence-electron chi connectivity index (χ3n) is 3.80. The Kier molecular flexibility index (Phi) is 3.88. The fourth-order valence-corrected chi connectivity index (χ4v) is 3.56. The zero-order chi connectivity index (χ0) is 15.8. The molecule has 0 aliphatic heterocycles. The van der Waals surface area contributed by atoms with Gasteiger partial charge in [0.1, 0.15) is 0 Å². The van der Waals surface area contributed by atoms with E-state index in [1.54, 1.807) is 6.07 Å². The highest BCUT2D eigenvalue weighted by Gasteiger charge is 2.48. The molecule has 0 heterocycles. The standard InChI is InChI=1S/C14H18O6S/c1-19-10-6-9(14(4-5-14)8-13(15)16)12(21(3,17)18)7-11(10)20-2/h6-7H,4-5,8H2,1-3H3,(H,15,16). The highest BCUT2D eigenvalue weighted by molar-refractivity contribution is 7.90. The molecular formula is C14H18O6S. The molecule has 0 atom stereocenters. The molecule has 0 amide bonds. The number of sulfone groups is 1. The Bertz CT molecular complexity index is 673. The topological polar surface area (TPSA) is 89.9 Å². The van der Waals surface area contributed by atoms with Crippen molar-refractivity contribution in [1.82, 2.24) is 0 Å². The molecule has 0 bridgehead atoms. The Morgan fingerprint density at radius 2 is 1.76 bits per heavy atom. The minimum atomic E-state index is -3.50. The molecular weight excluding hydrogens is 296 g/mol. The summed E-state index contributed by atoms with van der Waals surface area (Å²) < 4.78 is 34.4. The van der Waals surface area contributed by atoms with Gasteiger partial charge in [-0.3, -0.25) is 4.79 Å². The molecule has 1 aromatic rings. The van der Waals surface area contributed by atoms with Crippen molar-refractivity contribution in [3.63, 3.8) is 0 Å². The van der Waals surface area contributed by atoms with Gasteiger partial charge in [-0.2, -0.15) is 0 Å². The van der Waals surface area contributed by atoms with Gasteiger partial charge >= 0.3 is 5.97 Å². The van der Waals surface area contributed by atoms with E-state index >= 15 is 0 Å². The van der Waals surface area contributed by atoms with Gasteiger partial charge in [-0.05, 0) is 24.5 Å². The van der Waals surface area contributed by atoms with Crippen LogP contribution in [0, 0.1) is 0 Å². The lowest BCUT2D eigenvalue weighted by atomic mass is 9.92. The van der Waals surface area contributed by atoms with Crippen LogP contribution in [0.4, 0.5) is 0 Å². The molecule has 1 N–H and O–H groups in total. The fourth-order valence-electron chi connectivity index (χ4n) is 2.56. The molecule has 2 rings (SSSR count). The minimum absolute atomic E-state index is 0.0923. The largest absolute Gasteiger partial charge is 0.493 e. The van der Waals surface area contributed by atoms with E-state index in [2.05, 4.69) is 0 Å². The van der Waals surface area contributed by atoms with Crippen molar-refractivity contribution < 1.29 is 27.8 Å². The van der Waals surface area contributed by atoms with E-state index in [9.17, 15) is 13.2 Å². The fraction of sp³-hybridized carbons (Fsp3) is 0.500. The van der Waals surface area contributed by atoms with Gasteiger partial charge in [-0.1, -0.05) is 0 Å². The van der Waals surface area contributed by atoms with E-state index in [4.69, 9.17) is 14.6 Å². The molecule has 1 saturated carbocycles. The molecule has 21 heavy (non-hydrogen) atoms. The van der Waals surface area contributed by atoms with Gasteiger partial charge in [0.05, 0.1) is 25.5 Å². The number of hydrogen-bond donors (Lipinski definition) is 1. The average molecular weight is 314 g/mol. The highest BCUT2D eigenvalue weighted by Crippen LogP contribution is 2.54. The zero-order valence-electron chi connectivity index (χ0n) is 12.2. The Morgan fingerprint density at radius 3 is 2.14 bits per heavy atom. The number of methoxy groups -OCH3 is 2. The molecule has 0 spiro atoms. The van der Waals surface area contributed by atoms with E-state index in [1.807, 2.05) is 0 Å². The maximum atomic E-state index is 12.0. The summed E-state index contributed by atoms with van der Waals surface area (Å²) in [5, 5.41) is 9.07. The van der Waals surface area contributed by atoms with Crippen molar-refractivity contribution in [3.05, 3.63) is 17.7 Å². The lowest BCUT2D eigenvalue weighted by Gasteiger charge is -2.20. The van der Waals surface area contributed by atoms with Crippen LogP contribution in [0.25, 0.3) is 0 Å². The normalized spacial score (nSPS) is 16.3. The smallest absolute Gasteiger partial charge is 0.304 e. The van der Waals surface area contributed by atoms with Crippen molar-refractivity contribution in [1.29, 1.82) is 0 Å². The van der Waals surface area contributed by atoms with Gasteiger partial charge in [-0.15, -0.1) is 0 Å². The third-order valence-corrected chi connectivity index (χ3v) is 4.94. The number of ether oxygens (including phenoxy) is 2. The Hall–Kier alpha value is -1.76. The van der Waals surface area contributed by atoms with Crippen LogP contribution >= 0.6 is 0 Å². The second kappa shape index (κ2) is 5.22. The number of rotatable bonds is 6. The Balaban J connectivity index is 2.66. The number of aliphatic carboxylic acids is 1. The molecule has 0 saturated heterocycles. The van der Waals surface area contributed by atoms with E-state index in [0.717, 1.165) is 6.26 Å². The Morgan fingerprint density at radius 1 is 1.24 bits per heavy atom. The van der Waals surface area contributed by atoms with Crippen LogP contribution in [0.1, 0.15) is 24.8 Å². The van der Waals surface area contributed by atoms with Crippen LogP contribution in [0.2, 0.25) is 0 Å². The van der Waals surface area contributed by atoms with E-state index in [-0.39, 0.29) is 11.3 Å². The lowest BCUT2D eigenvalue weighted by molar-refractivity contribution is -0.137. The monoisotopic (exact) mass is 314 g/mol. The maximum Gasteiger partial charge on any atom is 0.304 e. The van der Waals surface area contributed by atoms with Gasteiger partial charge in [0.15, 0.2) is 21.3 Å². The lowest BCUT2D eigenvalue weighted by Crippen LogP contribution is -2.17. The van der Waals surface area contributed by atoms with E-state index < -0.39 is 21.2 Å². The highest BCUT2D eigenvalue weighted by atomic mass is 32.2. The second-order valence-corrected chi connectivity index (χ2v) is 7.31. The Labute approximate surface area is 123 Å². The number of carboxylic acid groups (broad SMARTS) is 1. The predicted octanol–water partition coefficient (Wildman–Crippen LogP) is 1.61. The van der Waals surface area contributed by atoms with Crippen LogP contribution in [0.15, 0.2) is 17.0 Å². The molecule has 1 aliphatic carbocycles. The minimum Gasteiger partial charge on any atom is -0.493 e. The molecule has 1 aromatic carbocycles. The van der Waals surface area contributed by atoms with Crippen molar-refractivity contribution in [2.24, 2.45) is 0 Å². The predicted molar refractivity (Wildman–Crippen MR) is 75.8 cm³/mol. The van der Waals surface area contributed by atoms with Gasteiger partial charge in [0.2, 0.25) is 0 Å². The number of carbonyl (C=O) groups is 1. The molecule has 0 aromatic heterocycles. The van der Waals surface area contributed by atoms with Crippen LogP contribution in [0.3, 0.4) is 0 Å². The quantitative estimate of drug-likeness (QED) is 0.858. The van der Waals surface area contributed by atoms with Crippen molar-refractivity contribution in [2.75, 3.05) is 20.5 Å². The first kappa shape index (κ1) is 15.6. The molecule has 116 valence electrons. The summed E-state index contributed by atoms with van der Waals surface area (Å²) in [4.78, 5) is 11.2. The van der Waals surface area contributed by atoms with E-state index in [1.165, 1.54) is 20.3 Å². The van der Waals surface area contributed by atoms with Gasteiger partial charge in [-0.25, -0.2) is 8.42 Å². The van der Waals surface area contributed by atoms with Crippen molar-refractivity contribution in [2.45, 2.75) is 29.6 Å². The van der Waals surface area contributed by atoms with Crippen LogP contribution in [0.5, 0.6) is 11.5 Å². The molecule has 6 nitrogen and oxygen atoms in total. The number of carboxylic acids is 1. The number of hydrogen-bond acceptors (Lipinski definition) is 5. The SMILES string of the molecule is COc1cc(C2(CC(=O)O)CC2)c(S(C)(=O)=O)cc1OC. The van der Waals surface area contributed by atoms with Crippen molar-refractivity contribution >= 4 is 15.8 Å². The van der Waals surface area contributed by atoms with Crippen LogP contribution in [-0.4, -0.2) is 40.0 Å². The van der Waals surface area contributed by atoms with Crippen LogP contribution in [-0.2, 0) is 20.0 Å². The van der Waals surface area contributed by atoms with Gasteiger partial charge in [0.25, 0.3) is 0 Å². The van der Waals surface area contributed by atoms with E-state index in [0.29, 0.717) is 29.9 Å². The molecule has 0 radical (unpaired) electrons. The summed E-state index contributed by atoms with van der Waals surface area (Å²) in [5.41, 5.74) is -0.117. The average Bonchev–Trinajstić information content (AvgIpc) is 3.15. The molecule has 7 heteroatoms. The summed E-state index contributed by atoms with van der Waals surface area (Å²) in [7, 11) is -0.617. The number of benzene rings is 1. The zero-order valence-corrected chi connectivity index (χ0v) is 13.0.